The molecule has 122 valence electrons. The molecular weight excluding hydrogens is 327 g/mol. The van der Waals surface area contributed by atoms with Crippen molar-refractivity contribution in [2.45, 2.75) is 31.8 Å². The second kappa shape index (κ2) is 9.00. The molecule has 1 aromatic carbocycles. The largest absolute Gasteiger partial charge is 0.481 e. The average molecular weight is 346 g/mol. The van der Waals surface area contributed by atoms with Crippen LogP contribution in [0.3, 0.4) is 0 Å². The molecule has 0 heterocycles. The standard InChI is InChI=1S/C14H19O6PS/c15-13(16)9-8-12(14(17)18)20-21(19,22)10-4-7-11-5-2-1-3-6-11/h1-3,5-6,12H,4,7-10H2,(H,15,16)(H,17,18)(H,19,22). The first kappa shape index (κ1) is 18.8. The lowest BCUT2D eigenvalue weighted by atomic mass is 10.1. The molecule has 0 aliphatic carbocycles. The van der Waals surface area contributed by atoms with Crippen molar-refractivity contribution in [2.24, 2.45) is 0 Å². The molecule has 0 saturated carbocycles. The molecule has 0 radical (unpaired) electrons. The lowest BCUT2D eigenvalue weighted by molar-refractivity contribution is -0.146. The molecule has 1 rings (SSSR count). The Morgan fingerprint density at radius 2 is 1.86 bits per heavy atom. The van der Waals surface area contributed by atoms with Crippen LogP contribution < -0.4 is 0 Å². The topological polar surface area (TPSA) is 104 Å². The molecule has 2 unspecified atom stereocenters. The van der Waals surface area contributed by atoms with E-state index < -0.39 is 24.5 Å². The predicted molar refractivity (Wildman–Crippen MR) is 85.5 cm³/mol. The van der Waals surface area contributed by atoms with Gasteiger partial charge in [0.25, 0.3) is 0 Å². The molecule has 22 heavy (non-hydrogen) atoms. The van der Waals surface area contributed by atoms with Crippen molar-refractivity contribution in [2.75, 3.05) is 6.16 Å². The van der Waals surface area contributed by atoms with Gasteiger partial charge in [-0.15, -0.1) is 0 Å². The first-order chi connectivity index (χ1) is 10.3. The van der Waals surface area contributed by atoms with Gasteiger partial charge >= 0.3 is 11.9 Å². The van der Waals surface area contributed by atoms with Crippen molar-refractivity contribution in [3.8, 4) is 0 Å². The fourth-order valence-corrected chi connectivity index (χ4v) is 3.81. The SMILES string of the molecule is O=C(O)CCC(OP(O)(=S)CCCc1ccccc1)C(=O)O. The van der Waals surface area contributed by atoms with E-state index in [0.29, 0.717) is 12.8 Å². The lowest BCUT2D eigenvalue weighted by Crippen LogP contribution is -2.24. The average Bonchev–Trinajstić information content (AvgIpc) is 2.44. The van der Waals surface area contributed by atoms with Crippen molar-refractivity contribution in [1.29, 1.82) is 0 Å². The first-order valence-corrected chi connectivity index (χ1v) is 9.65. The minimum absolute atomic E-state index is 0.189. The number of hydrogen-bond acceptors (Lipinski definition) is 4. The number of aryl methyl sites for hydroxylation is 1. The molecule has 0 amide bonds. The number of carboxylic acids is 2. The highest BCUT2D eigenvalue weighted by Gasteiger charge is 2.26. The number of hydrogen-bond donors (Lipinski definition) is 3. The molecule has 0 spiro atoms. The zero-order valence-electron chi connectivity index (χ0n) is 11.9. The number of aliphatic carboxylic acids is 2. The van der Waals surface area contributed by atoms with E-state index >= 15 is 0 Å². The van der Waals surface area contributed by atoms with E-state index in [2.05, 4.69) is 0 Å². The molecule has 3 N–H and O–H groups in total. The van der Waals surface area contributed by atoms with E-state index in [4.69, 9.17) is 26.5 Å². The summed E-state index contributed by atoms with van der Waals surface area (Å²) in [5, 5.41) is 17.6. The van der Waals surface area contributed by atoms with Crippen molar-refractivity contribution in [1.82, 2.24) is 0 Å². The molecule has 8 heteroatoms. The van der Waals surface area contributed by atoms with Crippen molar-refractivity contribution >= 4 is 30.2 Å². The van der Waals surface area contributed by atoms with Gasteiger partial charge in [0.15, 0.2) is 12.6 Å². The molecule has 0 saturated heterocycles. The van der Waals surface area contributed by atoms with Crippen LogP contribution >= 0.6 is 6.49 Å². The van der Waals surface area contributed by atoms with Crippen LogP contribution in [0.4, 0.5) is 0 Å². The smallest absolute Gasteiger partial charge is 0.333 e. The number of benzene rings is 1. The third-order valence-corrected chi connectivity index (χ3v) is 5.21. The van der Waals surface area contributed by atoms with Crippen LogP contribution in [0, 0.1) is 0 Å². The fraction of sp³-hybridized carbons (Fsp3) is 0.429. The summed E-state index contributed by atoms with van der Waals surface area (Å²) in [6.07, 6.45) is -0.491. The normalized spacial score (nSPS) is 15.0. The van der Waals surface area contributed by atoms with Gasteiger partial charge in [0, 0.05) is 12.6 Å². The molecule has 2 atom stereocenters. The van der Waals surface area contributed by atoms with Gasteiger partial charge in [0.05, 0.1) is 0 Å². The Balaban J connectivity index is 2.47. The Kier molecular flexibility index (Phi) is 7.68. The third kappa shape index (κ3) is 7.66. The maximum atomic E-state index is 11.0. The molecule has 0 aromatic heterocycles. The number of carboxylic acid groups (broad SMARTS) is 2. The van der Waals surface area contributed by atoms with Crippen molar-refractivity contribution < 1.29 is 29.2 Å². The summed E-state index contributed by atoms with van der Waals surface area (Å²) >= 11 is 4.97. The quantitative estimate of drug-likeness (QED) is 0.558. The summed E-state index contributed by atoms with van der Waals surface area (Å²) in [6, 6.07) is 9.63. The highest BCUT2D eigenvalue weighted by molar-refractivity contribution is 8.09. The van der Waals surface area contributed by atoms with E-state index in [1.54, 1.807) is 0 Å². The van der Waals surface area contributed by atoms with Crippen LogP contribution in [0.2, 0.25) is 0 Å². The van der Waals surface area contributed by atoms with Gasteiger partial charge in [-0.25, -0.2) is 4.79 Å². The molecule has 0 aliphatic rings. The van der Waals surface area contributed by atoms with Gasteiger partial charge in [-0.3, -0.25) is 4.79 Å². The Hall–Kier alpha value is -1.27. The van der Waals surface area contributed by atoms with Crippen LogP contribution in [0.5, 0.6) is 0 Å². The van der Waals surface area contributed by atoms with Gasteiger partial charge in [0.2, 0.25) is 0 Å². The van der Waals surface area contributed by atoms with Crippen LogP contribution in [0.1, 0.15) is 24.8 Å². The fourth-order valence-electron chi connectivity index (χ4n) is 1.86. The molecule has 0 bridgehead atoms. The molecule has 0 aliphatic heterocycles. The van der Waals surface area contributed by atoms with E-state index in [0.717, 1.165) is 5.56 Å². The molecule has 1 aromatic rings. The Labute approximate surface area is 133 Å². The van der Waals surface area contributed by atoms with Gasteiger partial charge in [-0.05, 0) is 36.6 Å². The van der Waals surface area contributed by atoms with Crippen molar-refractivity contribution in [3.05, 3.63) is 35.9 Å². The highest BCUT2D eigenvalue weighted by atomic mass is 32.5. The van der Waals surface area contributed by atoms with Crippen LogP contribution in [-0.4, -0.2) is 39.3 Å². The summed E-state index contributed by atoms with van der Waals surface area (Å²) < 4.78 is 5.11. The van der Waals surface area contributed by atoms with E-state index in [-0.39, 0.29) is 19.0 Å². The van der Waals surface area contributed by atoms with Crippen LogP contribution in [-0.2, 0) is 32.3 Å². The second-order valence-corrected chi connectivity index (χ2v) is 8.46. The first-order valence-electron chi connectivity index (χ1n) is 6.79. The van der Waals surface area contributed by atoms with E-state index in [1.807, 2.05) is 30.3 Å². The summed E-state index contributed by atoms with van der Waals surface area (Å²) in [5.41, 5.74) is 1.10. The summed E-state index contributed by atoms with van der Waals surface area (Å²) in [7, 11) is 0. The van der Waals surface area contributed by atoms with E-state index in [1.165, 1.54) is 0 Å². The molecule has 0 fully saturated rings. The minimum atomic E-state index is -3.24. The molecular formula is C14H19O6PS. The maximum Gasteiger partial charge on any atom is 0.333 e. The van der Waals surface area contributed by atoms with Gasteiger partial charge < -0.3 is 19.6 Å². The van der Waals surface area contributed by atoms with E-state index in [9.17, 15) is 14.5 Å². The lowest BCUT2D eigenvalue weighted by Gasteiger charge is -2.20. The monoisotopic (exact) mass is 346 g/mol. The predicted octanol–water partition coefficient (Wildman–Crippen LogP) is 2.26. The van der Waals surface area contributed by atoms with Crippen molar-refractivity contribution in [3.63, 3.8) is 0 Å². The van der Waals surface area contributed by atoms with Gasteiger partial charge in [0.1, 0.15) is 0 Å². The highest BCUT2D eigenvalue weighted by Crippen LogP contribution is 2.45. The zero-order valence-corrected chi connectivity index (χ0v) is 13.6. The zero-order chi connectivity index (χ0) is 16.6. The summed E-state index contributed by atoms with van der Waals surface area (Å²) in [6.45, 7) is -3.24. The Bertz CT molecular complexity index is 548. The Morgan fingerprint density at radius 3 is 2.41 bits per heavy atom. The van der Waals surface area contributed by atoms with Gasteiger partial charge in [-0.2, -0.15) is 0 Å². The number of carbonyl (C=O) groups is 2. The summed E-state index contributed by atoms with van der Waals surface area (Å²) in [4.78, 5) is 31.6. The summed E-state index contributed by atoms with van der Waals surface area (Å²) in [5.74, 6) is -2.43. The number of rotatable bonds is 10. The minimum Gasteiger partial charge on any atom is -0.481 e. The molecule has 6 nitrogen and oxygen atoms in total. The third-order valence-electron chi connectivity index (χ3n) is 2.94. The maximum absolute atomic E-state index is 11.0. The van der Waals surface area contributed by atoms with Crippen LogP contribution in [0.25, 0.3) is 0 Å². The van der Waals surface area contributed by atoms with Gasteiger partial charge in [-0.1, -0.05) is 30.3 Å². The second-order valence-electron chi connectivity index (χ2n) is 4.81. The Morgan fingerprint density at radius 1 is 1.23 bits per heavy atom. The van der Waals surface area contributed by atoms with Crippen LogP contribution in [0.15, 0.2) is 30.3 Å².